The average Bonchev–Trinajstić information content (AvgIpc) is 2.78. The number of alkyl halides is 2. The number of nitrogens with zero attached hydrogens (tertiary/aromatic N) is 1. The van der Waals surface area contributed by atoms with E-state index in [1.807, 2.05) is 32.9 Å². The van der Waals surface area contributed by atoms with E-state index in [0.717, 1.165) is 22.6 Å². The van der Waals surface area contributed by atoms with Crippen molar-refractivity contribution in [2.75, 3.05) is 0 Å². The summed E-state index contributed by atoms with van der Waals surface area (Å²) in [6.07, 6.45) is 0. The number of rotatable bonds is 6. The molecule has 22 heavy (non-hydrogen) atoms. The van der Waals surface area contributed by atoms with Crippen LogP contribution in [0.25, 0.3) is 0 Å². The van der Waals surface area contributed by atoms with Crippen LogP contribution in [-0.2, 0) is 0 Å². The van der Waals surface area contributed by atoms with Gasteiger partial charge in [0.05, 0.1) is 5.69 Å². The van der Waals surface area contributed by atoms with Crippen LogP contribution >= 0.6 is 11.8 Å². The summed E-state index contributed by atoms with van der Waals surface area (Å²) in [4.78, 5) is 0.574. The highest BCUT2D eigenvalue weighted by Gasteiger charge is 2.18. The Bertz CT molecular complexity index is 594. The van der Waals surface area contributed by atoms with Crippen molar-refractivity contribution >= 4 is 11.8 Å². The second kappa shape index (κ2) is 7.24. The second-order valence-corrected chi connectivity index (χ2v) is 6.36. The number of aryl methyl sites for hydroxylation is 2. The van der Waals surface area contributed by atoms with Crippen molar-refractivity contribution in [2.45, 2.75) is 50.4 Å². The number of hydrogen-bond acceptors (Lipinski definition) is 4. The van der Waals surface area contributed by atoms with Crippen LogP contribution in [-0.4, -0.2) is 10.9 Å². The Kier molecular flexibility index (Phi) is 5.58. The van der Waals surface area contributed by atoms with Crippen LogP contribution in [0.2, 0.25) is 0 Å². The molecule has 0 bridgehead atoms. The molecule has 3 nitrogen and oxygen atoms in total. The molecule has 1 heterocycles. The molecule has 1 N–H and O–H groups in total. The molecule has 0 fully saturated rings. The van der Waals surface area contributed by atoms with E-state index < -0.39 is 5.76 Å². The highest BCUT2D eigenvalue weighted by molar-refractivity contribution is 7.99. The van der Waals surface area contributed by atoms with E-state index in [1.54, 1.807) is 12.1 Å². The first-order valence-electron chi connectivity index (χ1n) is 7.12. The molecule has 2 rings (SSSR count). The van der Waals surface area contributed by atoms with E-state index in [-0.39, 0.29) is 12.1 Å². The zero-order valence-electron chi connectivity index (χ0n) is 13.1. The molecule has 2 aromatic rings. The van der Waals surface area contributed by atoms with Crippen molar-refractivity contribution in [3.05, 3.63) is 46.8 Å². The third-order valence-electron chi connectivity index (χ3n) is 3.63. The maximum absolute atomic E-state index is 12.3. The summed E-state index contributed by atoms with van der Waals surface area (Å²) in [7, 11) is 0. The van der Waals surface area contributed by atoms with Crippen molar-refractivity contribution in [2.24, 2.45) is 0 Å². The number of halogens is 2. The molecule has 0 saturated heterocycles. The summed E-state index contributed by atoms with van der Waals surface area (Å²) >= 11 is 0.560. The predicted molar refractivity (Wildman–Crippen MR) is 84.2 cm³/mol. The number of benzene rings is 1. The van der Waals surface area contributed by atoms with Gasteiger partial charge in [-0.3, -0.25) is 0 Å². The molecule has 0 spiro atoms. The standard InChI is InChI=1S/C16H20F2N2OS/c1-9(13-5-7-14(8-6-13)22-16(17)18)19-10(2)15-11(3)20-21-12(15)4/h5-10,16,19H,1-4H3/t9-,10+/m0/s1. The van der Waals surface area contributed by atoms with E-state index in [1.165, 1.54) is 0 Å². The SMILES string of the molecule is Cc1noc(C)c1[C@@H](C)N[C@@H](C)c1ccc(SC(F)F)cc1. The molecule has 0 aliphatic carbocycles. The summed E-state index contributed by atoms with van der Waals surface area (Å²) < 4.78 is 29.8. The summed E-state index contributed by atoms with van der Waals surface area (Å²) in [6, 6.07) is 7.39. The Balaban J connectivity index is 2.04. The van der Waals surface area contributed by atoms with E-state index in [2.05, 4.69) is 17.4 Å². The third-order valence-corrected chi connectivity index (χ3v) is 4.35. The van der Waals surface area contributed by atoms with Crippen molar-refractivity contribution in [3.63, 3.8) is 0 Å². The minimum atomic E-state index is -2.39. The Hall–Kier alpha value is -1.40. The van der Waals surface area contributed by atoms with Crippen LogP contribution in [0.4, 0.5) is 8.78 Å². The molecule has 1 aromatic heterocycles. The predicted octanol–water partition coefficient (Wildman–Crippen LogP) is 5.02. The molecule has 0 saturated carbocycles. The Morgan fingerprint density at radius 2 is 1.73 bits per heavy atom. The van der Waals surface area contributed by atoms with Crippen molar-refractivity contribution in [1.82, 2.24) is 10.5 Å². The van der Waals surface area contributed by atoms with E-state index in [0.29, 0.717) is 16.7 Å². The average molecular weight is 326 g/mol. The van der Waals surface area contributed by atoms with Gasteiger partial charge in [-0.2, -0.15) is 8.78 Å². The highest BCUT2D eigenvalue weighted by Crippen LogP contribution is 2.28. The zero-order valence-corrected chi connectivity index (χ0v) is 13.9. The van der Waals surface area contributed by atoms with Gasteiger partial charge in [0.2, 0.25) is 0 Å². The minimum absolute atomic E-state index is 0.0919. The first-order valence-corrected chi connectivity index (χ1v) is 8.00. The molecule has 2 atom stereocenters. The van der Waals surface area contributed by atoms with Gasteiger partial charge in [-0.05, 0) is 45.4 Å². The van der Waals surface area contributed by atoms with Gasteiger partial charge in [0.1, 0.15) is 5.76 Å². The van der Waals surface area contributed by atoms with E-state index in [9.17, 15) is 8.78 Å². The van der Waals surface area contributed by atoms with Gasteiger partial charge in [-0.15, -0.1) is 0 Å². The van der Waals surface area contributed by atoms with Gasteiger partial charge < -0.3 is 9.84 Å². The second-order valence-electron chi connectivity index (χ2n) is 5.30. The Morgan fingerprint density at radius 1 is 1.09 bits per heavy atom. The lowest BCUT2D eigenvalue weighted by molar-refractivity contribution is 0.252. The number of thioether (sulfide) groups is 1. The maximum Gasteiger partial charge on any atom is 0.288 e. The smallest absolute Gasteiger partial charge is 0.288 e. The summed E-state index contributed by atoms with van der Waals surface area (Å²) in [6.45, 7) is 7.92. The topological polar surface area (TPSA) is 38.1 Å². The molecular formula is C16H20F2N2OS. The number of nitrogens with one attached hydrogen (secondary N) is 1. The van der Waals surface area contributed by atoms with Crippen LogP contribution in [0.1, 0.15) is 48.5 Å². The molecule has 0 amide bonds. The first kappa shape index (κ1) is 17.0. The fourth-order valence-corrected chi connectivity index (χ4v) is 3.10. The van der Waals surface area contributed by atoms with Gasteiger partial charge in [0.25, 0.3) is 5.76 Å². The fourth-order valence-electron chi connectivity index (χ4n) is 2.60. The fraction of sp³-hybridized carbons (Fsp3) is 0.438. The van der Waals surface area contributed by atoms with Crippen molar-refractivity contribution < 1.29 is 13.3 Å². The van der Waals surface area contributed by atoms with Gasteiger partial charge >= 0.3 is 0 Å². The third kappa shape index (κ3) is 4.08. The van der Waals surface area contributed by atoms with Crippen LogP contribution < -0.4 is 5.32 Å². The maximum atomic E-state index is 12.3. The largest absolute Gasteiger partial charge is 0.361 e. The van der Waals surface area contributed by atoms with E-state index in [4.69, 9.17) is 4.52 Å². The van der Waals surface area contributed by atoms with Gasteiger partial charge in [0.15, 0.2) is 0 Å². The van der Waals surface area contributed by atoms with Crippen LogP contribution in [0.5, 0.6) is 0 Å². The molecule has 0 aliphatic rings. The Labute approximate surface area is 133 Å². The number of aromatic nitrogens is 1. The van der Waals surface area contributed by atoms with E-state index >= 15 is 0 Å². The summed E-state index contributed by atoms with van der Waals surface area (Å²) in [5.41, 5.74) is 3.00. The molecule has 6 heteroatoms. The highest BCUT2D eigenvalue weighted by atomic mass is 32.2. The van der Waals surface area contributed by atoms with Crippen LogP contribution in [0.3, 0.4) is 0 Å². The van der Waals surface area contributed by atoms with Crippen molar-refractivity contribution in [1.29, 1.82) is 0 Å². The zero-order chi connectivity index (χ0) is 16.3. The molecule has 1 aromatic carbocycles. The molecule has 0 aliphatic heterocycles. The molecule has 120 valence electrons. The monoisotopic (exact) mass is 326 g/mol. The summed E-state index contributed by atoms with van der Waals surface area (Å²) in [5, 5.41) is 7.45. The lowest BCUT2D eigenvalue weighted by atomic mass is 10.0. The van der Waals surface area contributed by atoms with Crippen LogP contribution in [0, 0.1) is 13.8 Å². The quantitative estimate of drug-likeness (QED) is 0.757. The number of hydrogen-bond donors (Lipinski definition) is 1. The molecule has 0 radical (unpaired) electrons. The van der Waals surface area contributed by atoms with Crippen molar-refractivity contribution in [3.8, 4) is 0 Å². The molecular weight excluding hydrogens is 306 g/mol. The van der Waals surface area contributed by atoms with Gasteiger partial charge in [-0.1, -0.05) is 29.1 Å². The lowest BCUT2D eigenvalue weighted by Gasteiger charge is -2.20. The summed E-state index contributed by atoms with van der Waals surface area (Å²) in [5.74, 6) is -1.57. The first-order chi connectivity index (χ1) is 10.4. The lowest BCUT2D eigenvalue weighted by Crippen LogP contribution is -2.23. The van der Waals surface area contributed by atoms with Crippen LogP contribution in [0.15, 0.2) is 33.7 Å². The van der Waals surface area contributed by atoms with Gasteiger partial charge in [0, 0.05) is 22.5 Å². The normalized spacial score (nSPS) is 14.3. The van der Waals surface area contributed by atoms with Gasteiger partial charge in [-0.25, -0.2) is 0 Å². The Morgan fingerprint density at radius 3 is 2.23 bits per heavy atom. The minimum Gasteiger partial charge on any atom is -0.361 e. The molecule has 0 unspecified atom stereocenters.